The molecule has 0 radical (unpaired) electrons. The maximum atomic E-state index is 13.8. The van der Waals surface area contributed by atoms with Crippen LogP contribution in [0.1, 0.15) is 16.8 Å². The van der Waals surface area contributed by atoms with E-state index in [9.17, 15) is 22.8 Å². The molecule has 0 saturated heterocycles. The minimum atomic E-state index is -4.38. The summed E-state index contributed by atoms with van der Waals surface area (Å²) in [5.41, 5.74) is 1.08. The van der Waals surface area contributed by atoms with Gasteiger partial charge < -0.3 is 15.0 Å². The third-order valence-corrected chi connectivity index (χ3v) is 5.11. The summed E-state index contributed by atoms with van der Waals surface area (Å²) in [6, 6.07) is 13.0. The van der Waals surface area contributed by atoms with Gasteiger partial charge in [0.15, 0.2) is 0 Å². The molecule has 0 fully saturated rings. The van der Waals surface area contributed by atoms with Crippen LogP contribution in [0.15, 0.2) is 54.7 Å². The predicted octanol–water partition coefficient (Wildman–Crippen LogP) is 6.61. The second-order valence-electron chi connectivity index (χ2n) is 7.12. The molecule has 0 aliphatic rings. The Morgan fingerprint density at radius 1 is 1.12 bits per heavy atom. The monoisotopic (exact) mass is 474 g/mol. The summed E-state index contributed by atoms with van der Waals surface area (Å²) in [4.78, 5) is 6.96. The first-order valence-electron chi connectivity index (χ1n) is 9.67. The number of anilines is 2. The lowest BCUT2D eigenvalue weighted by Gasteiger charge is -2.11. The molecule has 2 N–H and O–H groups in total. The van der Waals surface area contributed by atoms with Crippen LogP contribution >= 0.6 is 11.6 Å². The average molecular weight is 475 g/mol. The first kappa shape index (κ1) is 22.4. The van der Waals surface area contributed by atoms with Crippen molar-refractivity contribution in [1.82, 2.24) is 9.97 Å². The van der Waals surface area contributed by atoms with Gasteiger partial charge in [0.2, 0.25) is 0 Å². The van der Waals surface area contributed by atoms with Crippen molar-refractivity contribution in [3.63, 3.8) is 0 Å². The molecule has 0 saturated carbocycles. The molecule has 0 aliphatic carbocycles. The van der Waals surface area contributed by atoms with Gasteiger partial charge in [-0.15, -0.1) is 0 Å². The van der Waals surface area contributed by atoms with Crippen molar-refractivity contribution in [2.75, 3.05) is 11.9 Å². The summed E-state index contributed by atoms with van der Waals surface area (Å²) >= 11 is 6.17. The second-order valence-corrected chi connectivity index (χ2v) is 7.53. The Balaban J connectivity index is 1.46. The molecule has 0 spiro atoms. The van der Waals surface area contributed by atoms with Crippen LogP contribution in [0.2, 0.25) is 5.02 Å². The number of fused-ring (bicyclic) bond motifs is 1. The fourth-order valence-corrected chi connectivity index (χ4v) is 3.56. The van der Waals surface area contributed by atoms with Gasteiger partial charge in [0.1, 0.15) is 29.1 Å². The van der Waals surface area contributed by atoms with E-state index in [1.807, 2.05) is 6.07 Å². The number of nitrogens with zero attached hydrogens (tertiary/aromatic N) is 2. The highest BCUT2D eigenvalue weighted by Gasteiger charge is 2.29. The summed E-state index contributed by atoms with van der Waals surface area (Å²) in [6.07, 6.45) is -2.81. The van der Waals surface area contributed by atoms with Gasteiger partial charge in [0.25, 0.3) is 0 Å². The van der Waals surface area contributed by atoms with E-state index in [0.717, 1.165) is 12.1 Å². The molecular formula is C23H15ClF4N4O. The van der Waals surface area contributed by atoms with Crippen LogP contribution in [0.3, 0.4) is 0 Å². The van der Waals surface area contributed by atoms with E-state index in [1.54, 1.807) is 12.1 Å². The Labute approximate surface area is 190 Å². The third kappa shape index (κ3) is 5.18. The van der Waals surface area contributed by atoms with Crippen LogP contribution in [0, 0.1) is 17.1 Å². The molecule has 2 aromatic heterocycles. The summed E-state index contributed by atoms with van der Waals surface area (Å²) in [5, 5.41) is 12.8. The van der Waals surface area contributed by atoms with E-state index in [1.165, 1.54) is 30.5 Å². The van der Waals surface area contributed by atoms with Crippen molar-refractivity contribution >= 4 is 34.0 Å². The van der Waals surface area contributed by atoms with E-state index in [0.29, 0.717) is 34.8 Å². The van der Waals surface area contributed by atoms with Crippen LogP contribution in [0.25, 0.3) is 10.9 Å². The van der Waals surface area contributed by atoms with Crippen LogP contribution in [-0.2, 0) is 12.6 Å². The minimum absolute atomic E-state index is 0.0997. The van der Waals surface area contributed by atoms with Crippen molar-refractivity contribution in [3.8, 4) is 11.8 Å². The fourth-order valence-electron chi connectivity index (χ4n) is 3.25. The summed E-state index contributed by atoms with van der Waals surface area (Å²) in [7, 11) is 0. The van der Waals surface area contributed by atoms with E-state index in [4.69, 9.17) is 16.3 Å². The van der Waals surface area contributed by atoms with Gasteiger partial charge >= 0.3 is 6.18 Å². The van der Waals surface area contributed by atoms with E-state index in [2.05, 4.69) is 15.3 Å². The number of ether oxygens (including phenoxy) is 1. The zero-order valence-electron chi connectivity index (χ0n) is 16.8. The number of benzene rings is 2. The lowest BCUT2D eigenvalue weighted by Crippen LogP contribution is -2.06. The topological polar surface area (TPSA) is 73.7 Å². The molecule has 0 unspecified atom stereocenters. The molecule has 0 bridgehead atoms. The van der Waals surface area contributed by atoms with Crippen molar-refractivity contribution in [1.29, 1.82) is 5.26 Å². The van der Waals surface area contributed by atoms with Crippen molar-refractivity contribution in [2.45, 2.75) is 12.6 Å². The normalized spacial score (nSPS) is 11.4. The Bertz CT molecular complexity index is 1340. The number of halogens is 5. The number of aromatic nitrogens is 2. The lowest BCUT2D eigenvalue weighted by molar-refractivity contribution is -0.137. The summed E-state index contributed by atoms with van der Waals surface area (Å²) < 4.78 is 57.5. The predicted molar refractivity (Wildman–Crippen MR) is 116 cm³/mol. The highest BCUT2D eigenvalue weighted by Crippen LogP contribution is 2.32. The summed E-state index contributed by atoms with van der Waals surface area (Å²) in [6.45, 7) is 0.180. The highest BCUT2D eigenvalue weighted by molar-refractivity contribution is 6.35. The number of alkyl halides is 3. The van der Waals surface area contributed by atoms with Crippen LogP contribution in [0.4, 0.5) is 29.1 Å². The molecule has 0 aliphatic heterocycles. The standard InChI is InChI=1S/C23H15ClF4N4O/c24-18-8-15(9-20-22(18)19(25)12-30-20)31-21-10-17(7-16(11-29)32-21)33-6-5-13-1-3-14(4-2-13)23(26,27)28/h1-4,7-10,12,30H,5-6H2,(H,31,32). The van der Waals surface area contributed by atoms with Crippen molar-refractivity contribution < 1.29 is 22.3 Å². The molecule has 2 heterocycles. The Morgan fingerprint density at radius 3 is 2.58 bits per heavy atom. The van der Waals surface area contributed by atoms with Crippen molar-refractivity contribution in [3.05, 3.63) is 82.4 Å². The number of nitrogens with one attached hydrogen (secondary N) is 2. The number of nitriles is 1. The molecule has 0 atom stereocenters. The average Bonchev–Trinajstić information content (AvgIpc) is 3.14. The highest BCUT2D eigenvalue weighted by atomic mass is 35.5. The van der Waals surface area contributed by atoms with E-state index >= 15 is 0 Å². The zero-order chi connectivity index (χ0) is 23.6. The van der Waals surface area contributed by atoms with Gasteiger partial charge in [-0.25, -0.2) is 9.37 Å². The zero-order valence-corrected chi connectivity index (χ0v) is 17.6. The Hall–Kier alpha value is -3.77. The summed E-state index contributed by atoms with van der Waals surface area (Å²) in [5.74, 6) is 0.199. The van der Waals surface area contributed by atoms with Crippen LogP contribution in [-0.4, -0.2) is 16.6 Å². The molecular weight excluding hydrogens is 460 g/mol. The molecule has 33 heavy (non-hydrogen) atoms. The molecule has 2 aromatic carbocycles. The third-order valence-electron chi connectivity index (χ3n) is 4.81. The molecule has 5 nitrogen and oxygen atoms in total. The second kappa shape index (κ2) is 9.00. The number of aromatic amines is 1. The van der Waals surface area contributed by atoms with E-state index < -0.39 is 17.6 Å². The molecule has 4 rings (SSSR count). The van der Waals surface area contributed by atoms with Crippen molar-refractivity contribution in [2.24, 2.45) is 0 Å². The fraction of sp³-hybridized carbons (Fsp3) is 0.130. The largest absolute Gasteiger partial charge is 0.493 e. The number of H-pyrrole nitrogens is 1. The quantitative estimate of drug-likeness (QED) is 0.308. The molecule has 10 heteroatoms. The van der Waals surface area contributed by atoms with E-state index in [-0.39, 0.29) is 22.7 Å². The Morgan fingerprint density at radius 2 is 1.88 bits per heavy atom. The number of pyridine rings is 1. The first-order valence-corrected chi connectivity index (χ1v) is 10.0. The first-order chi connectivity index (χ1) is 15.7. The maximum Gasteiger partial charge on any atom is 0.416 e. The number of hydrogen-bond donors (Lipinski definition) is 2. The van der Waals surface area contributed by atoms with Gasteiger partial charge in [-0.3, -0.25) is 0 Å². The SMILES string of the molecule is N#Cc1cc(OCCc2ccc(C(F)(F)F)cc2)cc(Nc2cc(Cl)c3c(F)c[nH]c3c2)n1. The van der Waals surface area contributed by atoms with Crippen LogP contribution < -0.4 is 10.1 Å². The molecule has 0 amide bonds. The van der Waals surface area contributed by atoms with Crippen LogP contribution in [0.5, 0.6) is 5.75 Å². The molecule has 4 aromatic rings. The number of rotatable bonds is 6. The smallest absolute Gasteiger partial charge is 0.416 e. The lowest BCUT2D eigenvalue weighted by atomic mass is 10.1. The maximum absolute atomic E-state index is 13.8. The Kier molecular flexibility index (Phi) is 6.11. The molecule has 168 valence electrons. The van der Waals surface area contributed by atoms with Gasteiger partial charge in [0.05, 0.1) is 28.1 Å². The number of hydrogen-bond acceptors (Lipinski definition) is 4. The van der Waals surface area contributed by atoms with Gasteiger partial charge in [-0.1, -0.05) is 23.7 Å². The van der Waals surface area contributed by atoms with Gasteiger partial charge in [-0.2, -0.15) is 18.4 Å². The minimum Gasteiger partial charge on any atom is -0.493 e. The van der Waals surface area contributed by atoms with Gasteiger partial charge in [-0.05, 0) is 29.8 Å². The van der Waals surface area contributed by atoms with Gasteiger partial charge in [0, 0.05) is 30.4 Å².